The van der Waals surface area contributed by atoms with Gasteiger partial charge in [-0.1, -0.05) is 79.3 Å². The van der Waals surface area contributed by atoms with Crippen LogP contribution in [0.1, 0.15) is 71.6 Å². The third-order valence-corrected chi connectivity index (χ3v) is 3.58. The summed E-state index contributed by atoms with van der Waals surface area (Å²) in [5.41, 5.74) is 0. The lowest BCUT2D eigenvalue weighted by molar-refractivity contribution is 0.586. The van der Waals surface area contributed by atoms with Gasteiger partial charge in [0.2, 0.25) is 0 Å². The highest BCUT2D eigenvalue weighted by atomic mass is 31.1. The SMILES string of the molecule is CCC=C[P]CCCCCCCCCC. The summed E-state index contributed by atoms with van der Waals surface area (Å²) < 4.78 is 0. The van der Waals surface area contributed by atoms with E-state index in [1.165, 1.54) is 72.5 Å². The first kappa shape index (κ1) is 15.2. The van der Waals surface area contributed by atoms with Crippen molar-refractivity contribution in [2.75, 3.05) is 6.16 Å². The molecule has 0 amide bonds. The molecule has 0 unspecified atom stereocenters. The highest BCUT2D eigenvalue weighted by molar-refractivity contribution is 7.41. The maximum atomic E-state index is 2.31. The van der Waals surface area contributed by atoms with Gasteiger partial charge in [0.1, 0.15) is 0 Å². The van der Waals surface area contributed by atoms with Crippen LogP contribution in [-0.4, -0.2) is 6.16 Å². The van der Waals surface area contributed by atoms with E-state index in [0.29, 0.717) is 0 Å². The first-order valence-electron chi connectivity index (χ1n) is 6.73. The van der Waals surface area contributed by atoms with Crippen molar-refractivity contribution >= 4 is 8.58 Å². The van der Waals surface area contributed by atoms with Crippen molar-refractivity contribution in [2.45, 2.75) is 71.6 Å². The summed E-state index contributed by atoms with van der Waals surface area (Å²) in [4.78, 5) is 0. The topological polar surface area (TPSA) is 0 Å². The Morgan fingerprint density at radius 1 is 0.800 bits per heavy atom. The molecule has 1 heteroatoms. The number of allylic oxidation sites excluding steroid dienone is 1. The van der Waals surface area contributed by atoms with Crippen molar-refractivity contribution in [2.24, 2.45) is 0 Å². The fourth-order valence-corrected chi connectivity index (χ4v) is 2.51. The van der Waals surface area contributed by atoms with Crippen LogP contribution >= 0.6 is 8.58 Å². The summed E-state index contributed by atoms with van der Waals surface area (Å²) in [5.74, 6) is 2.31. The third kappa shape index (κ3) is 14.2. The van der Waals surface area contributed by atoms with Crippen LogP contribution in [0.5, 0.6) is 0 Å². The van der Waals surface area contributed by atoms with E-state index in [-0.39, 0.29) is 0 Å². The van der Waals surface area contributed by atoms with Gasteiger partial charge in [0.15, 0.2) is 0 Å². The summed E-state index contributed by atoms with van der Waals surface area (Å²) >= 11 is 0. The van der Waals surface area contributed by atoms with Gasteiger partial charge in [-0.15, -0.1) is 0 Å². The average molecular weight is 227 g/mol. The van der Waals surface area contributed by atoms with Crippen LogP contribution in [0.15, 0.2) is 11.9 Å². The fourth-order valence-electron chi connectivity index (χ4n) is 1.59. The van der Waals surface area contributed by atoms with Gasteiger partial charge in [-0.25, -0.2) is 0 Å². The smallest absolute Gasteiger partial charge is 0.0250 e. The molecule has 0 nitrogen and oxygen atoms in total. The first-order chi connectivity index (χ1) is 7.41. The van der Waals surface area contributed by atoms with Crippen LogP contribution in [-0.2, 0) is 0 Å². The van der Waals surface area contributed by atoms with Crippen molar-refractivity contribution in [3.63, 3.8) is 0 Å². The van der Waals surface area contributed by atoms with E-state index in [9.17, 15) is 0 Å². The zero-order valence-electron chi connectivity index (χ0n) is 10.7. The van der Waals surface area contributed by atoms with E-state index < -0.39 is 0 Å². The maximum absolute atomic E-state index is 2.31. The fraction of sp³-hybridized carbons (Fsp3) is 0.857. The quantitative estimate of drug-likeness (QED) is 0.300. The Hall–Kier alpha value is 0.170. The molecule has 0 atom stereocenters. The van der Waals surface area contributed by atoms with Gasteiger partial charge in [0.05, 0.1) is 0 Å². The summed E-state index contributed by atoms with van der Waals surface area (Å²) in [7, 11) is 1.52. The van der Waals surface area contributed by atoms with Crippen molar-refractivity contribution in [1.29, 1.82) is 0 Å². The highest BCUT2D eigenvalue weighted by Crippen LogP contribution is 2.16. The van der Waals surface area contributed by atoms with Gasteiger partial charge in [-0.3, -0.25) is 0 Å². The normalized spacial score (nSPS) is 12.1. The van der Waals surface area contributed by atoms with Crippen molar-refractivity contribution < 1.29 is 0 Å². The lowest BCUT2D eigenvalue weighted by Crippen LogP contribution is -1.81. The van der Waals surface area contributed by atoms with Gasteiger partial charge >= 0.3 is 0 Å². The van der Waals surface area contributed by atoms with E-state index in [4.69, 9.17) is 0 Å². The summed E-state index contributed by atoms with van der Waals surface area (Å²) in [6.45, 7) is 4.48. The zero-order valence-corrected chi connectivity index (χ0v) is 11.6. The predicted molar refractivity (Wildman–Crippen MR) is 73.8 cm³/mol. The van der Waals surface area contributed by atoms with Crippen LogP contribution in [0.25, 0.3) is 0 Å². The molecule has 0 aliphatic heterocycles. The van der Waals surface area contributed by atoms with Crippen LogP contribution in [0, 0.1) is 0 Å². The second-order valence-corrected chi connectivity index (χ2v) is 5.28. The first-order valence-corrected chi connectivity index (χ1v) is 7.88. The van der Waals surface area contributed by atoms with E-state index in [2.05, 4.69) is 25.7 Å². The zero-order chi connectivity index (χ0) is 11.2. The minimum atomic E-state index is 1.18. The molecule has 0 spiro atoms. The van der Waals surface area contributed by atoms with E-state index >= 15 is 0 Å². The standard InChI is InChI=1S/C14H28P/c1-3-5-7-8-9-10-11-12-14-15-13-6-4-2/h6,13H,3-5,7-12,14H2,1-2H3. The molecule has 1 radical (unpaired) electrons. The van der Waals surface area contributed by atoms with Crippen molar-refractivity contribution in [3.8, 4) is 0 Å². The van der Waals surface area contributed by atoms with E-state index in [1.54, 1.807) is 0 Å². The molecule has 0 saturated carbocycles. The largest absolute Gasteiger partial charge is 0.0840 e. The molecule has 0 fully saturated rings. The van der Waals surface area contributed by atoms with Gasteiger partial charge in [-0.05, 0) is 19.0 Å². The Morgan fingerprint density at radius 2 is 1.40 bits per heavy atom. The minimum Gasteiger partial charge on any atom is -0.0840 e. The molecule has 0 aliphatic carbocycles. The Labute approximate surface area is 98.7 Å². The maximum Gasteiger partial charge on any atom is -0.0250 e. The highest BCUT2D eigenvalue weighted by Gasteiger charge is 1.91. The lowest BCUT2D eigenvalue weighted by Gasteiger charge is -2.00. The van der Waals surface area contributed by atoms with Gasteiger partial charge in [0, 0.05) is 0 Å². The van der Waals surface area contributed by atoms with Crippen molar-refractivity contribution in [1.82, 2.24) is 0 Å². The molecular formula is C14H28P. The summed E-state index contributed by atoms with van der Waals surface area (Å²) in [6.07, 6.45) is 16.3. The molecule has 0 heterocycles. The molecule has 0 aliphatic rings. The van der Waals surface area contributed by atoms with Crippen LogP contribution in [0.4, 0.5) is 0 Å². The molecule has 0 N–H and O–H groups in total. The summed E-state index contributed by atoms with van der Waals surface area (Å²) in [6, 6.07) is 0. The predicted octanol–water partition coefficient (Wildman–Crippen LogP) is 6.00. The van der Waals surface area contributed by atoms with Gasteiger partial charge in [-0.2, -0.15) is 0 Å². The van der Waals surface area contributed by atoms with Crippen molar-refractivity contribution in [3.05, 3.63) is 11.9 Å². The Bertz CT molecular complexity index is 129. The molecule has 0 rings (SSSR count). The number of hydrogen-bond acceptors (Lipinski definition) is 0. The average Bonchev–Trinajstić information content (AvgIpc) is 2.26. The molecule has 89 valence electrons. The monoisotopic (exact) mass is 227 g/mol. The number of unbranched alkanes of at least 4 members (excludes halogenated alkanes) is 7. The lowest BCUT2D eigenvalue weighted by atomic mass is 10.1. The minimum absolute atomic E-state index is 1.18. The second kappa shape index (κ2) is 14.2. The second-order valence-electron chi connectivity index (χ2n) is 4.17. The molecule has 0 aromatic carbocycles. The third-order valence-electron chi connectivity index (χ3n) is 2.59. The van der Waals surface area contributed by atoms with Gasteiger partial charge < -0.3 is 0 Å². The van der Waals surface area contributed by atoms with E-state index in [1.807, 2.05) is 0 Å². The molecule has 0 saturated heterocycles. The number of rotatable bonds is 11. The molecule has 15 heavy (non-hydrogen) atoms. The Morgan fingerprint density at radius 3 is 2.00 bits per heavy atom. The van der Waals surface area contributed by atoms with Crippen LogP contribution in [0.2, 0.25) is 0 Å². The summed E-state index contributed by atoms with van der Waals surface area (Å²) in [5, 5.41) is 0. The van der Waals surface area contributed by atoms with E-state index in [0.717, 1.165) is 0 Å². The Balaban J connectivity index is 2.89. The molecule has 0 aromatic rings. The molecular weight excluding hydrogens is 199 g/mol. The Kier molecular flexibility index (Phi) is 14.3. The molecule has 0 aromatic heterocycles. The van der Waals surface area contributed by atoms with Gasteiger partial charge in [0.25, 0.3) is 0 Å². The van der Waals surface area contributed by atoms with Crippen LogP contribution in [0.3, 0.4) is 0 Å². The number of hydrogen-bond donors (Lipinski definition) is 0. The molecule has 0 bridgehead atoms. The van der Waals surface area contributed by atoms with Crippen LogP contribution < -0.4 is 0 Å².